The van der Waals surface area contributed by atoms with Gasteiger partial charge in [0.1, 0.15) is 0 Å². The van der Waals surface area contributed by atoms with Crippen LogP contribution in [0.15, 0.2) is 79.0 Å². The van der Waals surface area contributed by atoms with Gasteiger partial charge in [-0.05, 0) is 42.0 Å². The van der Waals surface area contributed by atoms with E-state index < -0.39 is 0 Å². The van der Waals surface area contributed by atoms with Crippen LogP contribution in [-0.4, -0.2) is 21.9 Å². The molecule has 4 rings (SSSR count). The minimum absolute atomic E-state index is 0.145. The fraction of sp³-hybridized carbons (Fsp3) is 0.346. The lowest BCUT2D eigenvalue weighted by Gasteiger charge is -2.24. The second-order valence-corrected chi connectivity index (χ2v) is 8.09. The van der Waals surface area contributed by atoms with Crippen LogP contribution in [0.25, 0.3) is 0 Å². The topological polar surface area (TPSA) is 25.2 Å². The number of benzene rings is 2. The quantitative estimate of drug-likeness (QED) is 0.479. The molecule has 1 heterocycles. The number of hydrogen-bond acceptors (Lipinski definition) is 1. The van der Waals surface area contributed by atoms with E-state index in [9.17, 15) is 4.79 Å². The Balaban J connectivity index is 1.46. The molecule has 0 saturated heterocycles. The van der Waals surface area contributed by atoms with Crippen molar-refractivity contribution in [2.75, 3.05) is 6.54 Å². The third kappa shape index (κ3) is 4.79. The number of carbonyl (C=O) groups is 1. The van der Waals surface area contributed by atoms with Crippen LogP contribution in [0.3, 0.4) is 0 Å². The number of aromatic nitrogens is 1. The van der Waals surface area contributed by atoms with E-state index in [1.165, 1.54) is 16.8 Å². The smallest absolute Gasteiger partial charge is 0.226 e. The molecule has 1 saturated carbocycles. The van der Waals surface area contributed by atoms with Crippen LogP contribution in [-0.2, 0) is 17.9 Å². The first kappa shape index (κ1) is 19.5. The predicted molar refractivity (Wildman–Crippen MR) is 118 cm³/mol. The van der Waals surface area contributed by atoms with E-state index in [2.05, 4.69) is 83.3 Å². The van der Waals surface area contributed by atoms with Gasteiger partial charge in [-0.25, -0.2) is 0 Å². The molecule has 0 aliphatic heterocycles. The van der Waals surface area contributed by atoms with Crippen LogP contribution in [0.4, 0.5) is 0 Å². The van der Waals surface area contributed by atoms with E-state index in [4.69, 9.17) is 0 Å². The molecular formula is C26H30N2O. The number of unbranched alkanes of at least 4 members (excludes halogenated alkanes) is 1. The molecule has 1 aliphatic carbocycles. The average Bonchev–Trinajstić information content (AvgIpc) is 3.46. The van der Waals surface area contributed by atoms with E-state index in [0.29, 0.717) is 18.4 Å². The molecule has 3 nitrogen and oxygen atoms in total. The Kier molecular flexibility index (Phi) is 6.14. The maximum absolute atomic E-state index is 13.3. The Morgan fingerprint density at radius 2 is 1.72 bits per heavy atom. The van der Waals surface area contributed by atoms with Crippen molar-refractivity contribution in [1.82, 2.24) is 9.47 Å². The highest BCUT2D eigenvalue weighted by atomic mass is 16.2. The summed E-state index contributed by atoms with van der Waals surface area (Å²) in [5, 5.41) is 0. The van der Waals surface area contributed by atoms with Crippen LogP contribution < -0.4 is 0 Å². The average molecular weight is 387 g/mol. The zero-order chi connectivity index (χ0) is 20.1. The fourth-order valence-electron chi connectivity index (χ4n) is 4.11. The molecule has 2 atom stereocenters. The summed E-state index contributed by atoms with van der Waals surface area (Å²) in [6, 6.07) is 25.2. The molecule has 2 aromatic carbocycles. The zero-order valence-corrected chi connectivity index (χ0v) is 17.2. The molecule has 3 heteroatoms. The summed E-state index contributed by atoms with van der Waals surface area (Å²) >= 11 is 0. The summed E-state index contributed by atoms with van der Waals surface area (Å²) in [5.74, 6) is 0.857. The maximum atomic E-state index is 13.3. The van der Waals surface area contributed by atoms with Crippen molar-refractivity contribution in [3.05, 3.63) is 95.8 Å². The lowest BCUT2D eigenvalue weighted by atomic mass is 10.1. The summed E-state index contributed by atoms with van der Waals surface area (Å²) in [6.45, 7) is 4.56. The van der Waals surface area contributed by atoms with Crippen molar-refractivity contribution in [1.29, 1.82) is 0 Å². The number of rotatable bonds is 9. The van der Waals surface area contributed by atoms with Crippen molar-refractivity contribution in [3.63, 3.8) is 0 Å². The van der Waals surface area contributed by atoms with Gasteiger partial charge in [0, 0.05) is 30.9 Å². The Labute approximate surface area is 174 Å². The molecule has 0 bridgehead atoms. The van der Waals surface area contributed by atoms with Gasteiger partial charge >= 0.3 is 0 Å². The molecule has 1 aliphatic rings. The summed E-state index contributed by atoms with van der Waals surface area (Å²) in [4.78, 5) is 15.4. The molecule has 1 aromatic heterocycles. The summed E-state index contributed by atoms with van der Waals surface area (Å²) < 4.78 is 2.27. The minimum Gasteiger partial charge on any atom is -0.345 e. The number of nitrogens with zero attached hydrogens (tertiary/aromatic N) is 2. The SMILES string of the molecule is CCCCN(Cc1cccn1Cc1ccccc1)C(=O)[C@@H]1C[C@@H]1c1ccccc1. The van der Waals surface area contributed by atoms with Crippen LogP contribution in [0.1, 0.15) is 48.9 Å². The molecule has 150 valence electrons. The van der Waals surface area contributed by atoms with Gasteiger partial charge in [0.2, 0.25) is 5.91 Å². The van der Waals surface area contributed by atoms with Crippen molar-refractivity contribution in [2.24, 2.45) is 5.92 Å². The molecule has 1 amide bonds. The summed E-state index contributed by atoms with van der Waals surface area (Å²) in [5.41, 5.74) is 3.78. The highest BCUT2D eigenvalue weighted by Crippen LogP contribution is 2.48. The van der Waals surface area contributed by atoms with Crippen molar-refractivity contribution in [2.45, 2.75) is 45.2 Å². The monoisotopic (exact) mass is 386 g/mol. The third-order valence-electron chi connectivity index (χ3n) is 5.90. The first-order valence-electron chi connectivity index (χ1n) is 10.8. The Morgan fingerprint density at radius 1 is 1.00 bits per heavy atom. The van der Waals surface area contributed by atoms with Gasteiger partial charge in [0.25, 0.3) is 0 Å². The fourth-order valence-corrected chi connectivity index (χ4v) is 4.11. The van der Waals surface area contributed by atoms with Gasteiger partial charge in [-0.2, -0.15) is 0 Å². The second-order valence-electron chi connectivity index (χ2n) is 8.09. The second kappa shape index (κ2) is 9.13. The standard InChI is InChI=1S/C26H30N2O/c1-2-3-16-28(26(29)25-18-24(25)22-13-8-5-9-14-22)20-23-15-10-17-27(23)19-21-11-6-4-7-12-21/h4-15,17,24-25H,2-3,16,18-20H2,1H3/t24-,25-/m1/s1. The minimum atomic E-state index is 0.145. The Bertz CT molecular complexity index is 916. The van der Waals surface area contributed by atoms with Gasteiger partial charge in [-0.1, -0.05) is 74.0 Å². The largest absolute Gasteiger partial charge is 0.345 e. The molecule has 1 fully saturated rings. The van der Waals surface area contributed by atoms with Crippen molar-refractivity contribution < 1.29 is 4.79 Å². The first-order chi connectivity index (χ1) is 14.3. The van der Waals surface area contributed by atoms with E-state index in [-0.39, 0.29) is 5.92 Å². The molecular weight excluding hydrogens is 356 g/mol. The van der Waals surface area contributed by atoms with E-state index in [1.54, 1.807) is 0 Å². The van der Waals surface area contributed by atoms with Crippen LogP contribution >= 0.6 is 0 Å². The Hall–Kier alpha value is -2.81. The summed E-state index contributed by atoms with van der Waals surface area (Å²) in [7, 11) is 0. The lowest BCUT2D eigenvalue weighted by molar-refractivity contribution is -0.133. The predicted octanol–water partition coefficient (Wildman–Crippen LogP) is 5.47. The van der Waals surface area contributed by atoms with Gasteiger partial charge in [0.15, 0.2) is 0 Å². The van der Waals surface area contributed by atoms with Gasteiger partial charge < -0.3 is 9.47 Å². The lowest BCUT2D eigenvalue weighted by Crippen LogP contribution is -2.33. The van der Waals surface area contributed by atoms with Gasteiger partial charge in [-0.15, -0.1) is 0 Å². The van der Waals surface area contributed by atoms with Gasteiger partial charge in [-0.3, -0.25) is 4.79 Å². The van der Waals surface area contributed by atoms with E-state index in [0.717, 1.165) is 32.4 Å². The van der Waals surface area contributed by atoms with Gasteiger partial charge in [0.05, 0.1) is 6.54 Å². The van der Waals surface area contributed by atoms with E-state index >= 15 is 0 Å². The van der Waals surface area contributed by atoms with Crippen LogP contribution in [0, 0.1) is 5.92 Å². The number of hydrogen-bond donors (Lipinski definition) is 0. The molecule has 29 heavy (non-hydrogen) atoms. The van der Waals surface area contributed by atoms with Crippen LogP contribution in [0.2, 0.25) is 0 Å². The van der Waals surface area contributed by atoms with E-state index in [1.807, 2.05) is 12.1 Å². The maximum Gasteiger partial charge on any atom is 0.226 e. The molecule has 0 N–H and O–H groups in total. The molecule has 0 unspecified atom stereocenters. The van der Waals surface area contributed by atoms with Crippen molar-refractivity contribution >= 4 is 5.91 Å². The third-order valence-corrected chi connectivity index (χ3v) is 5.90. The summed E-state index contributed by atoms with van der Waals surface area (Å²) in [6.07, 6.45) is 5.25. The molecule has 3 aromatic rings. The Morgan fingerprint density at radius 3 is 2.45 bits per heavy atom. The number of carbonyl (C=O) groups excluding carboxylic acids is 1. The highest BCUT2D eigenvalue weighted by molar-refractivity contribution is 5.83. The van der Waals surface area contributed by atoms with Crippen molar-refractivity contribution in [3.8, 4) is 0 Å². The normalized spacial score (nSPS) is 17.8. The molecule has 0 radical (unpaired) electrons. The first-order valence-corrected chi connectivity index (χ1v) is 10.8. The van der Waals surface area contributed by atoms with Crippen LogP contribution in [0.5, 0.6) is 0 Å². The highest BCUT2D eigenvalue weighted by Gasteiger charge is 2.45. The number of amides is 1. The molecule has 0 spiro atoms. The zero-order valence-electron chi connectivity index (χ0n) is 17.2.